The fraction of sp³-hybridized carbons (Fsp3) is 0.429. The second-order valence-corrected chi connectivity index (χ2v) is 2.16. The van der Waals surface area contributed by atoms with Gasteiger partial charge in [-0.15, -0.1) is 0 Å². The van der Waals surface area contributed by atoms with Gasteiger partial charge in [-0.2, -0.15) is 0 Å². The molecule has 5 heteroatoms. The predicted octanol–water partition coefficient (Wildman–Crippen LogP) is 0.944. The van der Waals surface area contributed by atoms with Crippen LogP contribution in [0.3, 0.4) is 0 Å². The number of carboxylic acid groups (broad SMARTS) is 1. The van der Waals surface area contributed by atoms with Gasteiger partial charge in [0.25, 0.3) is 11.6 Å². The van der Waals surface area contributed by atoms with Gasteiger partial charge in [0.15, 0.2) is 0 Å². The van der Waals surface area contributed by atoms with Gasteiger partial charge in [0.2, 0.25) is 0 Å². The Morgan fingerprint density at radius 1 is 1.75 bits per heavy atom. The van der Waals surface area contributed by atoms with Crippen LogP contribution in [-0.2, 0) is 6.42 Å². The van der Waals surface area contributed by atoms with E-state index < -0.39 is 5.97 Å². The van der Waals surface area contributed by atoms with Crippen molar-refractivity contribution in [1.82, 2.24) is 5.16 Å². The van der Waals surface area contributed by atoms with Crippen LogP contribution in [0.25, 0.3) is 0 Å². The smallest absolute Gasteiger partial charge is 0.375 e. The molecular weight excluding hydrogens is 162 g/mol. The number of nitrogens with zero attached hydrogens (tertiary/aromatic N) is 1. The first-order chi connectivity index (χ1) is 5.70. The number of hydrogen-bond acceptors (Lipinski definition) is 4. The van der Waals surface area contributed by atoms with Crippen molar-refractivity contribution >= 4 is 5.97 Å². The number of rotatable bonds is 3. The SMILES string of the molecule is CCc1c(OC)noc1C(=O)O. The second kappa shape index (κ2) is 3.25. The minimum Gasteiger partial charge on any atom is -0.479 e. The zero-order valence-electron chi connectivity index (χ0n) is 6.83. The molecular formula is C7H9NO4. The molecule has 0 atom stereocenters. The van der Waals surface area contributed by atoms with Crippen LogP contribution in [0.5, 0.6) is 5.88 Å². The standard InChI is InChI=1S/C7H9NO4/c1-3-4-5(7(9)10)12-8-6(4)11-2/h3H2,1-2H3,(H,9,10). The van der Waals surface area contributed by atoms with E-state index in [2.05, 4.69) is 9.68 Å². The summed E-state index contributed by atoms with van der Waals surface area (Å²) in [6.07, 6.45) is 0.522. The molecule has 1 heterocycles. The van der Waals surface area contributed by atoms with Crippen LogP contribution in [0.4, 0.5) is 0 Å². The van der Waals surface area contributed by atoms with Gasteiger partial charge in [-0.1, -0.05) is 6.92 Å². The molecule has 12 heavy (non-hydrogen) atoms. The Labute approximate surface area is 68.9 Å². The molecule has 5 nitrogen and oxygen atoms in total. The number of ether oxygens (including phenoxy) is 1. The number of methoxy groups -OCH3 is 1. The summed E-state index contributed by atoms with van der Waals surface area (Å²) in [6, 6.07) is 0. The molecule has 1 aromatic rings. The molecule has 0 unspecified atom stereocenters. The van der Waals surface area contributed by atoms with Gasteiger partial charge in [0.1, 0.15) is 0 Å². The molecule has 0 radical (unpaired) electrons. The van der Waals surface area contributed by atoms with E-state index in [0.29, 0.717) is 12.0 Å². The molecule has 0 aliphatic rings. The van der Waals surface area contributed by atoms with Crippen LogP contribution < -0.4 is 4.74 Å². The lowest BCUT2D eigenvalue weighted by atomic mass is 10.2. The molecule has 0 aromatic carbocycles. The summed E-state index contributed by atoms with van der Waals surface area (Å²) in [4.78, 5) is 10.5. The first kappa shape index (κ1) is 8.58. The fourth-order valence-electron chi connectivity index (χ4n) is 0.935. The van der Waals surface area contributed by atoms with Crippen molar-refractivity contribution in [3.63, 3.8) is 0 Å². The summed E-state index contributed by atoms with van der Waals surface area (Å²) in [7, 11) is 1.42. The number of carboxylic acids is 1. The molecule has 0 bridgehead atoms. The van der Waals surface area contributed by atoms with Crippen LogP contribution in [0.1, 0.15) is 23.0 Å². The molecule has 0 fully saturated rings. The normalized spacial score (nSPS) is 9.83. The highest BCUT2D eigenvalue weighted by atomic mass is 16.5. The molecule has 66 valence electrons. The van der Waals surface area contributed by atoms with Gasteiger partial charge in [0, 0.05) is 0 Å². The summed E-state index contributed by atoms with van der Waals surface area (Å²) in [5.74, 6) is -1.02. The Morgan fingerprint density at radius 3 is 2.83 bits per heavy atom. The molecule has 0 spiro atoms. The lowest BCUT2D eigenvalue weighted by Gasteiger charge is -1.94. The number of carbonyl (C=O) groups is 1. The molecule has 1 N–H and O–H groups in total. The van der Waals surface area contributed by atoms with Gasteiger partial charge in [-0.3, -0.25) is 0 Å². The van der Waals surface area contributed by atoms with Crippen molar-refractivity contribution in [2.24, 2.45) is 0 Å². The van der Waals surface area contributed by atoms with Gasteiger partial charge in [0.05, 0.1) is 12.7 Å². The number of hydrogen-bond donors (Lipinski definition) is 1. The maximum atomic E-state index is 10.5. The highest BCUT2D eigenvalue weighted by molar-refractivity contribution is 5.86. The van der Waals surface area contributed by atoms with Crippen LogP contribution in [0.2, 0.25) is 0 Å². The Bertz CT molecular complexity index is 292. The Balaban J connectivity index is 3.13. The lowest BCUT2D eigenvalue weighted by Crippen LogP contribution is -1.98. The fourth-order valence-corrected chi connectivity index (χ4v) is 0.935. The average molecular weight is 171 g/mol. The summed E-state index contributed by atoms with van der Waals surface area (Å²) in [6.45, 7) is 1.81. The Kier molecular flexibility index (Phi) is 2.32. The topological polar surface area (TPSA) is 72.6 Å². The number of aromatic carboxylic acids is 1. The minimum atomic E-state index is -1.12. The molecule has 1 rings (SSSR count). The Morgan fingerprint density at radius 2 is 2.42 bits per heavy atom. The van der Waals surface area contributed by atoms with Crippen molar-refractivity contribution in [3.8, 4) is 5.88 Å². The van der Waals surface area contributed by atoms with Crippen molar-refractivity contribution in [1.29, 1.82) is 0 Å². The molecule has 1 aromatic heterocycles. The third kappa shape index (κ3) is 1.25. The molecule has 0 saturated carbocycles. The molecule has 0 aliphatic carbocycles. The van der Waals surface area contributed by atoms with E-state index in [1.54, 1.807) is 0 Å². The zero-order chi connectivity index (χ0) is 9.14. The van der Waals surface area contributed by atoms with E-state index in [1.165, 1.54) is 7.11 Å². The first-order valence-corrected chi connectivity index (χ1v) is 3.46. The average Bonchev–Trinajstić information content (AvgIpc) is 2.46. The van der Waals surface area contributed by atoms with Gasteiger partial charge < -0.3 is 14.4 Å². The van der Waals surface area contributed by atoms with Crippen LogP contribution in [0, 0.1) is 0 Å². The maximum Gasteiger partial charge on any atom is 0.375 e. The van der Waals surface area contributed by atoms with E-state index >= 15 is 0 Å². The van der Waals surface area contributed by atoms with Crippen molar-refractivity contribution < 1.29 is 19.2 Å². The summed E-state index contributed by atoms with van der Waals surface area (Å²) < 4.78 is 9.36. The number of aromatic nitrogens is 1. The van der Waals surface area contributed by atoms with Gasteiger partial charge >= 0.3 is 5.97 Å². The zero-order valence-corrected chi connectivity index (χ0v) is 6.83. The van der Waals surface area contributed by atoms with Crippen LogP contribution in [0.15, 0.2) is 4.52 Å². The van der Waals surface area contributed by atoms with Crippen molar-refractivity contribution in [3.05, 3.63) is 11.3 Å². The third-order valence-electron chi connectivity index (χ3n) is 1.49. The van der Waals surface area contributed by atoms with Gasteiger partial charge in [-0.05, 0) is 11.6 Å². The monoisotopic (exact) mass is 171 g/mol. The van der Waals surface area contributed by atoms with E-state index in [1.807, 2.05) is 6.92 Å². The quantitative estimate of drug-likeness (QED) is 0.732. The van der Waals surface area contributed by atoms with E-state index in [0.717, 1.165) is 0 Å². The summed E-state index contributed by atoms with van der Waals surface area (Å²) in [5, 5.41) is 12.1. The first-order valence-electron chi connectivity index (χ1n) is 3.46. The highest BCUT2D eigenvalue weighted by Gasteiger charge is 2.20. The van der Waals surface area contributed by atoms with E-state index in [-0.39, 0.29) is 11.6 Å². The summed E-state index contributed by atoms with van der Waals surface area (Å²) in [5.41, 5.74) is 0.491. The highest BCUT2D eigenvalue weighted by Crippen LogP contribution is 2.21. The van der Waals surface area contributed by atoms with Crippen molar-refractivity contribution in [2.45, 2.75) is 13.3 Å². The van der Waals surface area contributed by atoms with E-state index in [9.17, 15) is 4.79 Å². The molecule has 0 aliphatic heterocycles. The lowest BCUT2D eigenvalue weighted by molar-refractivity contribution is 0.0650. The van der Waals surface area contributed by atoms with E-state index in [4.69, 9.17) is 9.84 Å². The summed E-state index contributed by atoms with van der Waals surface area (Å²) >= 11 is 0. The Hall–Kier alpha value is -1.52. The van der Waals surface area contributed by atoms with Crippen LogP contribution in [-0.4, -0.2) is 23.3 Å². The largest absolute Gasteiger partial charge is 0.479 e. The third-order valence-corrected chi connectivity index (χ3v) is 1.49. The predicted molar refractivity (Wildman–Crippen MR) is 39.4 cm³/mol. The second-order valence-electron chi connectivity index (χ2n) is 2.16. The van der Waals surface area contributed by atoms with Gasteiger partial charge in [-0.25, -0.2) is 4.79 Å². The minimum absolute atomic E-state index is 0.144. The molecule has 0 amide bonds. The maximum absolute atomic E-state index is 10.5. The van der Waals surface area contributed by atoms with Crippen molar-refractivity contribution in [2.75, 3.05) is 7.11 Å². The van der Waals surface area contributed by atoms with Crippen LogP contribution >= 0.6 is 0 Å². The molecule has 0 saturated heterocycles.